The molecule has 7 heteroatoms. The predicted octanol–water partition coefficient (Wildman–Crippen LogP) is 0.982. The monoisotopic (exact) mass is 250 g/mol. The van der Waals surface area contributed by atoms with Crippen LogP contribution in [0.1, 0.15) is 15.9 Å². The number of carboxylic acid groups (broad SMARTS) is 1. The van der Waals surface area contributed by atoms with Crippen molar-refractivity contribution in [2.24, 2.45) is 0 Å². The molecule has 0 bridgehead atoms. The van der Waals surface area contributed by atoms with Crippen LogP contribution in [0.4, 0.5) is 0 Å². The number of rotatable bonds is 4. The molecule has 1 aromatic carbocycles. The topological polar surface area (TPSA) is 94.0 Å². The third kappa shape index (κ3) is 2.56. The number of nitrogen functional groups attached to an aromatic ring is 1. The fraction of sp³-hybridized carbons (Fsp3) is 0.100. The van der Waals surface area contributed by atoms with E-state index in [1.54, 1.807) is 24.3 Å². The Morgan fingerprint density at radius 2 is 2.24 bits per heavy atom. The van der Waals surface area contributed by atoms with Crippen LogP contribution in [-0.4, -0.2) is 25.9 Å². The van der Waals surface area contributed by atoms with Gasteiger partial charge < -0.3 is 10.9 Å². The number of aromatic nitrogens is 3. The molecule has 3 N–H and O–H groups in total. The molecular weight excluding hydrogens is 240 g/mol. The number of hydrogen-bond acceptors (Lipinski definition) is 5. The highest BCUT2D eigenvalue weighted by molar-refractivity contribution is 7.98. The molecule has 0 saturated heterocycles. The second-order valence-electron chi connectivity index (χ2n) is 3.27. The lowest BCUT2D eigenvalue weighted by atomic mass is 10.1. The summed E-state index contributed by atoms with van der Waals surface area (Å²) < 4.78 is 1.30. The molecule has 0 aliphatic heterocycles. The fourth-order valence-corrected chi connectivity index (χ4v) is 2.17. The maximum absolute atomic E-state index is 11.0. The van der Waals surface area contributed by atoms with Crippen molar-refractivity contribution in [3.8, 4) is 0 Å². The zero-order chi connectivity index (χ0) is 12.3. The molecule has 88 valence electrons. The molecular formula is C10H10N4O2S. The summed E-state index contributed by atoms with van der Waals surface area (Å²) >= 11 is 1.34. The Balaban J connectivity index is 2.14. The van der Waals surface area contributed by atoms with Gasteiger partial charge in [0.25, 0.3) is 0 Å². The summed E-state index contributed by atoms with van der Waals surface area (Å²) in [6.07, 6.45) is 1.39. The molecule has 0 spiro atoms. The molecule has 0 atom stereocenters. The number of aromatic carboxylic acids is 1. The van der Waals surface area contributed by atoms with Crippen molar-refractivity contribution >= 4 is 17.7 Å². The van der Waals surface area contributed by atoms with Gasteiger partial charge in [0.2, 0.25) is 5.16 Å². The molecule has 0 unspecified atom stereocenters. The third-order valence-electron chi connectivity index (χ3n) is 2.14. The minimum absolute atomic E-state index is 0.295. The second-order valence-corrected chi connectivity index (χ2v) is 4.21. The van der Waals surface area contributed by atoms with Crippen LogP contribution in [0.3, 0.4) is 0 Å². The smallest absolute Gasteiger partial charge is 0.335 e. The fourth-order valence-electron chi connectivity index (χ4n) is 1.33. The summed E-state index contributed by atoms with van der Waals surface area (Å²) in [5, 5.41) is 17.0. The van der Waals surface area contributed by atoms with Crippen LogP contribution in [0, 0.1) is 0 Å². The summed E-state index contributed by atoms with van der Waals surface area (Å²) in [5.41, 5.74) is 1.02. The first-order valence-corrected chi connectivity index (χ1v) is 5.76. The van der Waals surface area contributed by atoms with Gasteiger partial charge in [0.1, 0.15) is 6.33 Å². The molecule has 1 aromatic heterocycles. The van der Waals surface area contributed by atoms with E-state index in [2.05, 4.69) is 10.2 Å². The van der Waals surface area contributed by atoms with Gasteiger partial charge in [-0.2, -0.15) is 0 Å². The number of thioether (sulfide) groups is 1. The highest BCUT2D eigenvalue weighted by atomic mass is 32.2. The number of benzene rings is 1. The summed E-state index contributed by atoms with van der Waals surface area (Å²) in [6.45, 7) is 0. The minimum Gasteiger partial charge on any atom is -0.478 e. The molecule has 0 aliphatic rings. The lowest BCUT2D eigenvalue weighted by Crippen LogP contribution is -2.08. The highest BCUT2D eigenvalue weighted by Gasteiger charge is 2.10. The van der Waals surface area contributed by atoms with Crippen molar-refractivity contribution in [1.29, 1.82) is 0 Å². The molecule has 6 nitrogen and oxygen atoms in total. The normalized spacial score (nSPS) is 10.4. The molecule has 0 amide bonds. The molecule has 17 heavy (non-hydrogen) atoms. The van der Waals surface area contributed by atoms with Crippen molar-refractivity contribution < 1.29 is 9.90 Å². The zero-order valence-electron chi connectivity index (χ0n) is 8.78. The Morgan fingerprint density at radius 1 is 1.47 bits per heavy atom. The maximum atomic E-state index is 11.0. The van der Waals surface area contributed by atoms with Crippen molar-refractivity contribution in [2.75, 3.05) is 5.84 Å². The van der Waals surface area contributed by atoms with Gasteiger partial charge in [0.05, 0.1) is 5.56 Å². The van der Waals surface area contributed by atoms with E-state index < -0.39 is 5.97 Å². The Labute approximate surface area is 101 Å². The van der Waals surface area contributed by atoms with Crippen molar-refractivity contribution in [3.63, 3.8) is 0 Å². The largest absolute Gasteiger partial charge is 0.478 e. The number of nitrogens with zero attached hydrogens (tertiary/aromatic N) is 3. The zero-order valence-corrected chi connectivity index (χ0v) is 9.59. The van der Waals surface area contributed by atoms with Gasteiger partial charge in [0, 0.05) is 5.75 Å². The molecule has 1 heterocycles. The van der Waals surface area contributed by atoms with E-state index in [0.717, 1.165) is 5.56 Å². The summed E-state index contributed by atoms with van der Waals surface area (Å²) in [6, 6.07) is 6.84. The van der Waals surface area contributed by atoms with Crippen LogP contribution >= 0.6 is 11.8 Å². The molecule has 0 saturated carbocycles. The average molecular weight is 250 g/mol. The predicted molar refractivity (Wildman–Crippen MR) is 63.1 cm³/mol. The molecule has 2 rings (SSSR count). The SMILES string of the molecule is Nn1cnnc1SCc1ccccc1C(=O)O. The third-order valence-corrected chi connectivity index (χ3v) is 3.15. The van der Waals surface area contributed by atoms with Gasteiger partial charge in [0.15, 0.2) is 0 Å². The van der Waals surface area contributed by atoms with Crippen molar-refractivity contribution in [2.45, 2.75) is 10.9 Å². The molecule has 0 fully saturated rings. The summed E-state index contributed by atoms with van der Waals surface area (Å²) in [5.74, 6) is 5.11. The first-order chi connectivity index (χ1) is 8.18. The summed E-state index contributed by atoms with van der Waals surface area (Å²) in [4.78, 5) is 11.0. The number of carboxylic acids is 1. The Hall–Kier alpha value is -2.02. The van der Waals surface area contributed by atoms with E-state index in [-0.39, 0.29) is 0 Å². The van der Waals surface area contributed by atoms with Gasteiger partial charge in [-0.1, -0.05) is 30.0 Å². The van der Waals surface area contributed by atoms with Gasteiger partial charge in [-0.05, 0) is 11.6 Å². The molecule has 2 aromatic rings. The van der Waals surface area contributed by atoms with E-state index in [0.29, 0.717) is 16.5 Å². The van der Waals surface area contributed by atoms with Gasteiger partial charge >= 0.3 is 5.97 Å². The van der Waals surface area contributed by atoms with Crippen LogP contribution in [0.2, 0.25) is 0 Å². The number of carbonyl (C=O) groups is 1. The Morgan fingerprint density at radius 3 is 2.88 bits per heavy atom. The average Bonchev–Trinajstić information content (AvgIpc) is 2.72. The second kappa shape index (κ2) is 4.88. The maximum Gasteiger partial charge on any atom is 0.335 e. The number of hydrogen-bond donors (Lipinski definition) is 2. The van der Waals surface area contributed by atoms with Crippen LogP contribution < -0.4 is 5.84 Å². The lowest BCUT2D eigenvalue weighted by molar-refractivity contribution is 0.0696. The Bertz CT molecular complexity index is 541. The first kappa shape index (κ1) is 11.5. The first-order valence-electron chi connectivity index (χ1n) is 4.77. The van der Waals surface area contributed by atoms with E-state index in [4.69, 9.17) is 10.9 Å². The van der Waals surface area contributed by atoms with Crippen LogP contribution in [-0.2, 0) is 5.75 Å². The number of nitrogens with two attached hydrogens (primary N) is 1. The van der Waals surface area contributed by atoms with Gasteiger partial charge in [-0.15, -0.1) is 10.2 Å². The molecule has 0 aliphatic carbocycles. The van der Waals surface area contributed by atoms with E-state index in [1.165, 1.54) is 22.8 Å². The quantitative estimate of drug-likeness (QED) is 0.620. The lowest BCUT2D eigenvalue weighted by Gasteiger charge is -2.04. The van der Waals surface area contributed by atoms with Crippen molar-refractivity contribution in [1.82, 2.24) is 14.9 Å². The molecule has 0 radical (unpaired) electrons. The van der Waals surface area contributed by atoms with Crippen molar-refractivity contribution in [3.05, 3.63) is 41.7 Å². The minimum atomic E-state index is -0.935. The van der Waals surface area contributed by atoms with Gasteiger partial charge in [-0.25, -0.2) is 9.47 Å². The van der Waals surface area contributed by atoms with Crippen LogP contribution in [0.5, 0.6) is 0 Å². The van der Waals surface area contributed by atoms with Crippen LogP contribution in [0.25, 0.3) is 0 Å². The highest BCUT2D eigenvalue weighted by Crippen LogP contribution is 2.21. The van der Waals surface area contributed by atoms with E-state index >= 15 is 0 Å². The van der Waals surface area contributed by atoms with E-state index in [1.807, 2.05) is 0 Å². The van der Waals surface area contributed by atoms with Gasteiger partial charge in [-0.3, -0.25) is 0 Å². The standard InChI is InChI=1S/C10H10N4O2S/c11-14-6-12-13-10(14)17-5-7-3-1-2-4-8(7)9(15)16/h1-4,6H,5,11H2,(H,15,16). The van der Waals surface area contributed by atoms with Crippen LogP contribution in [0.15, 0.2) is 35.7 Å². The summed E-state index contributed by atoms with van der Waals surface area (Å²) in [7, 11) is 0. The Kier molecular flexibility index (Phi) is 3.29. The van der Waals surface area contributed by atoms with E-state index in [9.17, 15) is 4.79 Å².